The van der Waals surface area contributed by atoms with E-state index >= 15 is 0 Å². The van der Waals surface area contributed by atoms with Crippen LogP contribution in [0.4, 0.5) is 5.13 Å². The van der Waals surface area contributed by atoms with E-state index in [2.05, 4.69) is 33.4 Å². The number of benzene rings is 2. The van der Waals surface area contributed by atoms with Gasteiger partial charge in [-0.3, -0.25) is 9.69 Å². The minimum atomic E-state index is -0.657. The Balaban J connectivity index is 1.14. The first-order valence-electron chi connectivity index (χ1n) is 14.9. The van der Waals surface area contributed by atoms with Crippen LogP contribution in [0.25, 0.3) is 11.3 Å². The average molecular weight is 603 g/mol. The molecule has 10 heteroatoms. The molecule has 1 unspecified atom stereocenters. The first-order valence-corrected chi connectivity index (χ1v) is 15.8. The van der Waals surface area contributed by atoms with E-state index in [0.717, 1.165) is 84.4 Å². The van der Waals surface area contributed by atoms with Gasteiger partial charge in [0.05, 0.1) is 42.6 Å². The molecule has 3 heterocycles. The van der Waals surface area contributed by atoms with Crippen molar-refractivity contribution in [3.63, 3.8) is 0 Å². The van der Waals surface area contributed by atoms with Crippen molar-refractivity contribution in [2.24, 2.45) is 17.8 Å². The Morgan fingerprint density at radius 3 is 2.74 bits per heavy atom. The van der Waals surface area contributed by atoms with E-state index in [1.165, 1.54) is 0 Å². The molecule has 2 aliphatic heterocycles. The Morgan fingerprint density at radius 2 is 2.00 bits per heavy atom. The minimum Gasteiger partial charge on any atom is -0.488 e. The Bertz CT molecular complexity index is 1490. The molecular weight excluding hydrogens is 564 g/mol. The van der Waals surface area contributed by atoms with Crippen LogP contribution in [0.3, 0.4) is 0 Å². The number of aliphatic carboxylic acids is 1. The fraction of sp³-hybridized carbons (Fsp3) is 0.485. The number of anilines is 1. The normalized spacial score (nSPS) is 23.7. The van der Waals surface area contributed by atoms with Gasteiger partial charge in [-0.1, -0.05) is 23.8 Å². The number of nitriles is 1. The highest BCUT2D eigenvalue weighted by Crippen LogP contribution is 2.44. The summed E-state index contributed by atoms with van der Waals surface area (Å²) in [4.78, 5) is 21.4. The van der Waals surface area contributed by atoms with E-state index in [4.69, 9.17) is 19.2 Å². The van der Waals surface area contributed by atoms with Crippen molar-refractivity contribution in [2.75, 3.05) is 51.4 Å². The van der Waals surface area contributed by atoms with Crippen LogP contribution < -0.4 is 9.64 Å². The monoisotopic (exact) mass is 602 g/mol. The van der Waals surface area contributed by atoms with Crippen LogP contribution in [0.5, 0.6) is 5.75 Å². The molecule has 9 nitrogen and oxygen atoms in total. The number of carboxylic acids is 1. The fourth-order valence-electron chi connectivity index (χ4n) is 6.86. The SMILES string of the molecule is COCC1CN(Cc2ccc(COc3ccc(C)cc3-c3csc(N4C[C@H]5CC[C@@H](C4)[C@H]5C(=O)O)n3)c(C#N)c2)CCO1. The lowest BCUT2D eigenvalue weighted by Gasteiger charge is -2.35. The number of hydrogen-bond acceptors (Lipinski definition) is 9. The second-order valence-electron chi connectivity index (χ2n) is 12.0. The van der Waals surface area contributed by atoms with Crippen LogP contribution in [-0.4, -0.2) is 73.6 Å². The smallest absolute Gasteiger partial charge is 0.307 e. The molecule has 3 aromatic rings. The summed E-state index contributed by atoms with van der Waals surface area (Å²) in [5.74, 6) is 0.202. The summed E-state index contributed by atoms with van der Waals surface area (Å²) >= 11 is 1.60. The molecule has 1 aliphatic carbocycles. The Morgan fingerprint density at radius 1 is 1.19 bits per heavy atom. The van der Waals surface area contributed by atoms with E-state index < -0.39 is 5.97 Å². The summed E-state index contributed by atoms with van der Waals surface area (Å²) in [6, 6.07) is 14.5. The molecule has 2 aromatic carbocycles. The standard InChI is InChI=1S/C33H38N4O5S/c1-21-3-8-30(28(11-21)29-20-43-33(35-29)37-15-23-6-7-24(16-37)31(23)32(38)39)42-18-25-5-4-22(12-26(25)13-34)14-36-9-10-41-27(17-36)19-40-2/h3-5,8,11-12,20,23-24,27,31H,6-7,9-10,14-19H2,1-2H3,(H,38,39)/t23-,24+,27?,31+. The molecule has 2 saturated heterocycles. The molecule has 1 N–H and O–H groups in total. The first kappa shape index (κ1) is 29.6. The third-order valence-corrected chi connectivity index (χ3v) is 9.85. The highest BCUT2D eigenvalue weighted by Gasteiger charge is 2.46. The molecule has 3 fully saturated rings. The Kier molecular flexibility index (Phi) is 8.96. The molecule has 226 valence electrons. The van der Waals surface area contributed by atoms with Gasteiger partial charge in [-0.25, -0.2) is 4.98 Å². The molecule has 0 amide bonds. The molecule has 2 bridgehead atoms. The van der Waals surface area contributed by atoms with E-state index in [1.807, 2.05) is 31.2 Å². The summed E-state index contributed by atoms with van der Waals surface area (Å²) in [5.41, 5.74) is 5.41. The molecular formula is C33H38N4O5S. The third-order valence-electron chi connectivity index (χ3n) is 8.95. The van der Waals surface area contributed by atoms with Crippen LogP contribution >= 0.6 is 11.3 Å². The fourth-order valence-corrected chi connectivity index (χ4v) is 7.71. The lowest BCUT2D eigenvalue weighted by Crippen LogP contribution is -2.44. The number of aromatic nitrogens is 1. The maximum atomic E-state index is 11.8. The number of rotatable bonds is 10. The number of carbonyl (C=O) groups is 1. The lowest BCUT2D eigenvalue weighted by atomic mass is 9.85. The van der Waals surface area contributed by atoms with Crippen molar-refractivity contribution in [2.45, 2.75) is 39.0 Å². The van der Waals surface area contributed by atoms with E-state index in [1.54, 1.807) is 18.4 Å². The lowest BCUT2D eigenvalue weighted by molar-refractivity contribution is -0.144. The zero-order valence-corrected chi connectivity index (χ0v) is 25.5. The second kappa shape index (κ2) is 13.0. The van der Waals surface area contributed by atoms with E-state index in [0.29, 0.717) is 18.8 Å². The van der Waals surface area contributed by atoms with Crippen LogP contribution in [0.1, 0.15) is 35.1 Å². The van der Waals surface area contributed by atoms with Gasteiger partial charge in [-0.15, -0.1) is 11.3 Å². The van der Waals surface area contributed by atoms with E-state index in [9.17, 15) is 15.2 Å². The molecule has 0 radical (unpaired) electrons. The van der Waals surface area contributed by atoms with Crippen LogP contribution in [0.15, 0.2) is 41.8 Å². The van der Waals surface area contributed by atoms with Crippen LogP contribution in [0, 0.1) is 36.0 Å². The summed E-state index contributed by atoms with van der Waals surface area (Å²) in [6.45, 7) is 7.46. The molecule has 4 atom stereocenters. The van der Waals surface area contributed by atoms with Crippen molar-refractivity contribution in [1.82, 2.24) is 9.88 Å². The largest absolute Gasteiger partial charge is 0.488 e. The van der Waals surface area contributed by atoms with Gasteiger partial charge in [0.2, 0.25) is 0 Å². The maximum Gasteiger partial charge on any atom is 0.307 e. The van der Waals surface area contributed by atoms with Gasteiger partial charge in [-0.2, -0.15) is 5.26 Å². The Hall–Kier alpha value is -3.49. The summed E-state index contributed by atoms with van der Waals surface area (Å²) in [5, 5.41) is 22.6. The number of nitrogens with zero attached hydrogens (tertiary/aromatic N) is 4. The van der Waals surface area contributed by atoms with Crippen LogP contribution in [-0.2, 0) is 27.4 Å². The highest BCUT2D eigenvalue weighted by molar-refractivity contribution is 7.14. The van der Waals surface area contributed by atoms with Crippen molar-refractivity contribution in [3.05, 3.63) is 64.0 Å². The molecule has 1 aromatic heterocycles. The molecule has 0 spiro atoms. The van der Waals surface area contributed by atoms with Crippen molar-refractivity contribution >= 4 is 22.4 Å². The Labute approximate surface area is 256 Å². The van der Waals surface area contributed by atoms with Crippen molar-refractivity contribution in [1.29, 1.82) is 5.26 Å². The predicted molar refractivity (Wildman–Crippen MR) is 164 cm³/mol. The number of morpholine rings is 1. The number of aryl methyl sites for hydroxylation is 1. The summed E-state index contributed by atoms with van der Waals surface area (Å²) < 4.78 is 17.4. The highest BCUT2D eigenvalue weighted by atomic mass is 32.1. The van der Waals surface area contributed by atoms with Gasteiger partial charge < -0.3 is 24.2 Å². The van der Waals surface area contributed by atoms with Crippen LogP contribution in [0.2, 0.25) is 0 Å². The zero-order chi connectivity index (χ0) is 29.9. The number of ether oxygens (including phenoxy) is 3. The predicted octanol–water partition coefficient (Wildman–Crippen LogP) is 4.96. The molecule has 1 saturated carbocycles. The van der Waals surface area contributed by atoms with Gasteiger partial charge >= 0.3 is 5.97 Å². The van der Waals surface area contributed by atoms with Gasteiger partial charge in [0, 0.05) is 56.3 Å². The second-order valence-corrected chi connectivity index (χ2v) is 12.8. The summed E-state index contributed by atoms with van der Waals surface area (Å²) in [6.07, 6.45) is 2.01. The number of thiazole rings is 1. The van der Waals surface area contributed by atoms with Gasteiger partial charge in [-0.05, 0) is 55.4 Å². The average Bonchev–Trinajstić information content (AvgIpc) is 3.60. The molecule has 3 aliphatic rings. The third kappa shape index (κ3) is 6.55. The van der Waals surface area contributed by atoms with Gasteiger partial charge in [0.25, 0.3) is 0 Å². The molecule has 6 rings (SSSR count). The number of methoxy groups -OCH3 is 1. The number of carboxylic acid groups (broad SMARTS) is 1. The van der Waals surface area contributed by atoms with Gasteiger partial charge in [0.1, 0.15) is 12.4 Å². The summed E-state index contributed by atoms with van der Waals surface area (Å²) in [7, 11) is 1.69. The zero-order valence-electron chi connectivity index (χ0n) is 24.7. The molecule has 43 heavy (non-hydrogen) atoms. The number of piperidine rings is 1. The van der Waals surface area contributed by atoms with Gasteiger partial charge in [0.15, 0.2) is 5.13 Å². The maximum absolute atomic E-state index is 11.8. The minimum absolute atomic E-state index is 0.0682. The van der Waals surface area contributed by atoms with Crippen molar-refractivity contribution < 1.29 is 24.1 Å². The van der Waals surface area contributed by atoms with Crippen molar-refractivity contribution in [3.8, 4) is 23.1 Å². The topological polar surface area (TPSA) is 108 Å². The number of fused-ring (bicyclic) bond motifs is 2. The first-order chi connectivity index (χ1) is 20.9. The van der Waals surface area contributed by atoms with E-state index in [-0.39, 0.29) is 30.5 Å². The number of hydrogen-bond donors (Lipinski definition) is 1. The quantitative estimate of drug-likeness (QED) is 0.344.